The Balaban J connectivity index is 2.27. The number of carbonyl (C=O) groups is 1. The largest absolute Gasteiger partial charge is 0.324 e. The lowest BCUT2D eigenvalue weighted by Gasteiger charge is -2.26. The molecule has 0 heterocycles. The quantitative estimate of drug-likeness (QED) is 0.312. The summed E-state index contributed by atoms with van der Waals surface area (Å²) in [5.74, 6) is 1.25. The van der Waals surface area contributed by atoms with Gasteiger partial charge in [-0.15, -0.1) is 11.8 Å². The maximum absolute atomic E-state index is 13.0. The number of rotatable bonds is 11. The average Bonchev–Trinajstić information content (AvgIpc) is 2.75. The number of hydrogen-bond acceptors (Lipinski definition) is 5. The van der Waals surface area contributed by atoms with Crippen LogP contribution >= 0.6 is 11.8 Å². The molecule has 2 aromatic rings. The highest BCUT2D eigenvalue weighted by Gasteiger charge is 2.25. The monoisotopic (exact) mass is 408 g/mol. The number of benzene rings is 2. The lowest BCUT2D eigenvalue weighted by Crippen LogP contribution is -2.21. The predicted molar refractivity (Wildman–Crippen MR) is 127 cm³/mol. The Morgan fingerprint density at radius 2 is 1.97 bits per heavy atom. The van der Waals surface area contributed by atoms with Crippen LogP contribution in [0.4, 0.5) is 11.4 Å². The molecule has 1 unspecified atom stereocenters. The SMILES string of the molecule is C=CN(C=C)c1ccccc1C(=O)Nc1cccc(C(C)(CCSCN)N=C)c1. The highest BCUT2D eigenvalue weighted by atomic mass is 32.2. The number of nitrogens with two attached hydrogens (primary N) is 1. The third kappa shape index (κ3) is 5.59. The Morgan fingerprint density at radius 3 is 2.62 bits per heavy atom. The molecule has 2 aromatic carbocycles. The summed E-state index contributed by atoms with van der Waals surface area (Å²) in [7, 11) is 0. The number of anilines is 2. The fourth-order valence-corrected chi connectivity index (χ4v) is 3.67. The number of nitrogens with one attached hydrogen (secondary N) is 1. The molecule has 152 valence electrons. The molecule has 3 N–H and O–H groups in total. The third-order valence-electron chi connectivity index (χ3n) is 4.76. The van der Waals surface area contributed by atoms with Gasteiger partial charge in [0.1, 0.15) is 0 Å². The molecule has 0 saturated heterocycles. The molecule has 0 spiro atoms. The predicted octanol–water partition coefficient (Wildman–Crippen LogP) is 4.99. The maximum atomic E-state index is 13.0. The van der Waals surface area contributed by atoms with Gasteiger partial charge in [-0.1, -0.05) is 37.4 Å². The lowest BCUT2D eigenvalue weighted by molar-refractivity contribution is 0.102. The molecule has 1 amide bonds. The van der Waals surface area contributed by atoms with Crippen molar-refractivity contribution in [2.24, 2.45) is 10.7 Å². The smallest absolute Gasteiger partial charge is 0.257 e. The maximum Gasteiger partial charge on any atom is 0.257 e. The molecule has 6 heteroatoms. The Morgan fingerprint density at radius 1 is 1.24 bits per heavy atom. The summed E-state index contributed by atoms with van der Waals surface area (Å²) >= 11 is 1.67. The Hall–Kier alpha value is -2.83. The highest BCUT2D eigenvalue weighted by Crippen LogP contribution is 2.32. The number of carbonyl (C=O) groups excluding carboxylic acids is 1. The van der Waals surface area contributed by atoms with Crippen LogP contribution in [0.25, 0.3) is 0 Å². The van der Waals surface area contributed by atoms with E-state index in [1.54, 1.807) is 35.1 Å². The number of nitrogens with zero attached hydrogens (tertiary/aromatic N) is 2. The van der Waals surface area contributed by atoms with Gasteiger partial charge in [0.05, 0.1) is 16.8 Å². The van der Waals surface area contributed by atoms with E-state index in [9.17, 15) is 4.79 Å². The van der Waals surface area contributed by atoms with E-state index < -0.39 is 5.54 Å². The molecule has 2 rings (SSSR count). The molecule has 0 radical (unpaired) electrons. The van der Waals surface area contributed by atoms with Crippen molar-refractivity contribution in [3.63, 3.8) is 0 Å². The first kappa shape index (κ1) is 22.5. The van der Waals surface area contributed by atoms with E-state index >= 15 is 0 Å². The molecule has 0 fully saturated rings. The van der Waals surface area contributed by atoms with E-state index in [4.69, 9.17) is 5.73 Å². The minimum Gasteiger partial charge on any atom is -0.324 e. The average molecular weight is 409 g/mol. The number of thioether (sulfide) groups is 1. The van der Waals surface area contributed by atoms with Crippen LogP contribution in [-0.4, -0.2) is 24.3 Å². The lowest BCUT2D eigenvalue weighted by atomic mass is 9.90. The molecular weight excluding hydrogens is 380 g/mol. The Kier molecular flexibility index (Phi) is 8.24. The second-order valence-corrected chi connectivity index (χ2v) is 7.73. The van der Waals surface area contributed by atoms with Gasteiger partial charge in [0.2, 0.25) is 0 Å². The summed E-state index contributed by atoms with van der Waals surface area (Å²) in [6.07, 6.45) is 4.03. The van der Waals surface area contributed by atoms with E-state index in [1.165, 1.54) is 0 Å². The van der Waals surface area contributed by atoms with Crippen LogP contribution < -0.4 is 16.0 Å². The zero-order chi connectivity index (χ0) is 21.3. The Bertz CT molecular complexity index is 875. The zero-order valence-corrected chi connectivity index (χ0v) is 17.6. The number of amides is 1. The van der Waals surface area contributed by atoms with Crippen LogP contribution in [0, 0.1) is 0 Å². The van der Waals surface area contributed by atoms with Gasteiger partial charge in [-0.05, 0) is 55.6 Å². The molecule has 0 aromatic heterocycles. The third-order valence-corrected chi connectivity index (χ3v) is 5.49. The molecule has 5 nitrogen and oxygen atoms in total. The van der Waals surface area contributed by atoms with Crippen LogP contribution in [0.5, 0.6) is 0 Å². The number of hydrogen-bond donors (Lipinski definition) is 2. The van der Waals surface area contributed by atoms with Crippen LogP contribution in [0.3, 0.4) is 0 Å². The second kappa shape index (κ2) is 10.6. The first-order chi connectivity index (χ1) is 14.0. The minimum atomic E-state index is -0.441. The minimum absolute atomic E-state index is 0.210. The van der Waals surface area contributed by atoms with Crippen molar-refractivity contribution >= 4 is 35.8 Å². The van der Waals surface area contributed by atoms with Gasteiger partial charge in [-0.25, -0.2) is 0 Å². The van der Waals surface area contributed by atoms with Gasteiger partial charge in [-0.3, -0.25) is 9.79 Å². The van der Waals surface area contributed by atoms with E-state index in [2.05, 4.69) is 30.2 Å². The molecule has 29 heavy (non-hydrogen) atoms. The van der Waals surface area contributed by atoms with Gasteiger partial charge in [0.25, 0.3) is 5.91 Å². The highest BCUT2D eigenvalue weighted by molar-refractivity contribution is 7.99. The van der Waals surface area contributed by atoms with E-state index in [0.29, 0.717) is 22.8 Å². The zero-order valence-electron chi connectivity index (χ0n) is 16.8. The van der Waals surface area contributed by atoms with Crippen molar-refractivity contribution < 1.29 is 4.79 Å². The van der Waals surface area contributed by atoms with Crippen LogP contribution in [0.2, 0.25) is 0 Å². The van der Waals surface area contributed by atoms with Gasteiger partial charge in [-0.2, -0.15) is 0 Å². The standard InChI is InChI=1S/C23H28N4OS/c1-5-27(6-2)21-13-8-7-12-20(21)22(28)26-19-11-9-10-18(16-19)23(3,25-4)14-15-29-17-24/h5-13,16H,1-2,4,14-15,17,24H2,3H3,(H,26,28). The van der Waals surface area contributed by atoms with Gasteiger partial charge < -0.3 is 16.0 Å². The van der Waals surface area contributed by atoms with Crippen molar-refractivity contribution in [1.82, 2.24) is 0 Å². The molecule has 0 bridgehead atoms. The Labute approximate surface area is 177 Å². The molecular formula is C23H28N4OS. The second-order valence-electron chi connectivity index (χ2n) is 6.58. The van der Waals surface area contributed by atoms with Crippen LogP contribution in [-0.2, 0) is 5.54 Å². The van der Waals surface area contributed by atoms with Crippen LogP contribution in [0.15, 0.2) is 79.1 Å². The van der Waals surface area contributed by atoms with Gasteiger partial charge >= 0.3 is 0 Å². The molecule has 0 aliphatic heterocycles. The topological polar surface area (TPSA) is 70.7 Å². The molecule has 1 atom stereocenters. The summed E-state index contributed by atoms with van der Waals surface area (Å²) in [4.78, 5) is 19.0. The van der Waals surface area contributed by atoms with E-state index in [0.717, 1.165) is 17.7 Å². The van der Waals surface area contributed by atoms with Crippen LogP contribution in [0.1, 0.15) is 29.3 Å². The first-order valence-electron chi connectivity index (χ1n) is 9.29. The first-order valence-corrected chi connectivity index (χ1v) is 10.4. The van der Waals surface area contributed by atoms with Crippen molar-refractivity contribution in [3.8, 4) is 0 Å². The van der Waals surface area contributed by atoms with Gasteiger partial charge in [0.15, 0.2) is 0 Å². The van der Waals surface area contributed by atoms with Crippen molar-refractivity contribution in [1.29, 1.82) is 0 Å². The summed E-state index contributed by atoms with van der Waals surface area (Å²) in [5.41, 5.74) is 8.07. The molecule has 0 aliphatic rings. The fraction of sp³-hybridized carbons (Fsp3) is 0.217. The van der Waals surface area contributed by atoms with Crippen molar-refractivity contribution in [2.45, 2.75) is 18.9 Å². The van der Waals surface area contributed by atoms with Crippen molar-refractivity contribution in [3.05, 3.63) is 85.2 Å². The fourth-order valence-electron chi connectivity index (χ4n) is 2.96. The van der Waals surface area contributed by atoms with Crippen molar-refractivity contribution in [2.75, 3.05) is 21.8 Å². The molecule has 0 aliphatic carbocycles. The number of para-hydroxylation sites is 1. The summed E-state index contributed by atoms with van der Waals surface area (Å²) in [6.45, 7) is 13.4. The van der Waals surface area contributed by atoms with Gasteiger partial charge in [0, 0.05) is 24.0 Å². The normalized spacial score (nSPS) is 12.5. The molecule has 0 saturated carbocycles. The van der Waals surface area contributed by atoms with E-state index in [-0.39, 0.29) is 5.91 Å². The summed E-state index contributed by atoms with van der Waals surface area (Å²) in [5, 5.41) is 2.98. The van der Waals surface area contributed by atoms with E-state index in [1.807, 2.05) is 49.4 Å². The summed E-state index contributed by atoms with van der Waals surface area (Å²) < 4.78 is 0. The number of aliphatic imine (C=N–C) groups is 1. The summed E-state index contributed by atoms with van der Waals surface area (Å²) in [6, 6.07) is 15.0.